The van der Waals surface area contributed by atoms with Gasteiger partial charge in [-0.2, -0.15) is 47.0 Å². The number of ether oxygens (including phenoxy) is 8. The third-order valence-corrected chi connectivity index (χ3v) is 19.4. The number of rotatable bonds is 64. The van der Waals surface area contributed by atoms with Crippen LogP contribution in [0.2, 0.25) is 0 Å². The van der Waals surface area contributed by atoms with Crippen LogP contribution >= 0.6 is 47.0 Å². The number of carbonyl (C=O) groups excluding carboxylic acids is 8. The van der Waals surface area contributed by atoms with Crippen molar-refractivity contribution in [2.24, 2.45) is 17.8 Å². The van der Waals surface area contributed by atoms with Crippen molar-refractivity contribution in [1.29, 1.82) is 0 Å². The molecule has 3 unspecified atom stereocenters. The van der Waals surface area contributed by atoms with Gasteiger partial charge in [0.05, 0.1) is 43.4 Å². The molecule has 0 fully saturated rings. The lowest BCUT2D eigenvalue weighted by atomic mass is 10.2. The van der Waals surface area contributed by atoms with Crippen LogP contribution in [0.15, 0.2) is 12.2 Å². The molecule has 0 rings (SSSR count). The molecular formula is C67H121N3O16S4. The number of carbonyl (C=O) groups is 8. The van der Waals surface area contributed by atoms with Crippen molar-refractivity contribution in [1.82, 2.24) is 14.7 Å². The fourth-order valence-electron chi connectivity index (χ4n) is 8.67. The molecule has 3 atom stereocenters. The third kappa shape index (κ3) is 54.2. The summed E-state index contributed by atoms with van der Waals surface area (Å²) < 4.78 is 43.1. The molecule has 0 aliphatic carbocycles. The lowest BCUT2D eigenvalue weighted by Gasteiger charge is -2.25. The molecule has 0 radical (unpaired) electrons. The van der Waals surface area contributed by atoms with Crippen molar-refractivity contribution < 1.29 is 76.3 Å². The van der Waals surface area contributed by atoms with Crippen molar-refractivity contribution in [3.63, 3.8) is 0 Å². The first-order chi connectivity index (χ1) is 43.5. The van der Waals surface area contributed by atoms with Gasteiger partial charge in [0.2, 0.25) is 0 Å². The predicted molar refractivity (Wildman–Crippen MR) is 368 cm³/mol. The average molecular weight is 1350 g/mol. The molecular weight excluding hydrogens is 1230 g/mol. The highest BCUT2D eigenvalue weighted by molar-refractivity contribution is 8.00. The third-order valence-electron chi connectivity index (χ3n) is 14.4. The van der Waals surface area contributed by atoms with Crippen molar-refractivity contribution in [2.75, 3.05) is 158 Å². The van der Waals surface area contributed by atoms with Gasteiger partial charge >= 0.3 is 47.8 Å². The first-order valence-electron chi connectivity index (χ1n) is 33.9. The van der Waals surface area contributed by atoms with E-state index in [9.17, 15) is 38.4 Å². The molecule has 0 aromatic carbocycles. The summed E-state index contributed by atoms with van der Waals surface area (Å²) in [6.45, 7) is 21.3. The highest BCUT2D eigenvalue weighted by atomic mass is 32.2. The summed E-state index contributed by atoms with van der Waals surface area (Å²) in [5, 5.41) is 0. The molecule has 0 saturated heterocycles. The van der Waals surface area contributed by atoms with Crippen LogP contribution in [0.1, 0.15) is 190 Å². The van der Waals surface area contributed by atoms with Gasteiger partial charge in [0.15, 0.2) is 0 Å². The molecule has 0 amide bonds. The van der Waals surface area contributed by atoms with Crippen LogP contribution in [0.5, 0.6) is 0 Å². The van der Waals surface area contributed by atoms with Crippen LogP contribution < -0.4 is 0 Å². The van der Waals surface area contributed by atoms with E-state index in [2.05, 4.69) is 39.2 Å². The maximum atomic E-state index is 12.9. The lowest BCUT2D eigenvalue weighted by Crippen LogP contribution is -2.34. The Morgan fingerprint density at radius 1 is 0.344 bits per heavy atom. The van der Waals surface area contributed by atoms with Gasteiger partial charge < -0.3 is 52.6 Å². The summed E-state index contributed by atoms with van der Waals surface area (Å²) in [7, 11) is 2.00. The lowest BCUT2D eigenvalue weighted by molar-refractivity contribution is -0.154. The number of unbranched alkanes of at least 4 members (excludes halogenated alkanes) is 12. The van der Waals surface area contributed by atoms with E-state index in [0.717, 1.165) is 61.5 Å². The fraction of sp³-hybridized carbons (Fsp3) is 0.851. The Morgan fingerprint density at radius 3 is 0.922 bits per heavy atom. The smallest absolute Gasteiger partial charge is 0.334 e. The normalized spacial score (nSPS) is 12.3. The predicted octanol–water partition coefficient (Wildman–Crippen LogP) is 11.9. The van der Waals surface area contributed by atoms with Gasteiger partial charge in [-0.25, -0.2) is 4.79 Å². The fourth-order valence-corrected chi connectivity index (χ4v) is 12.8. The van der Waals surface area contributed by atoms with Gasteiger partial charge in [0.25, 0.3) is 0 Å². The number of esters is 8. The zero-order valence-electron chi connectivity index (χ0n) is 57.0. The van der Waals surface area contributed by atoms with Crippen molar-refractivity contribution in [2.45, 2.75) is 190 Å². The Hall–Kier alpha value is -3.22. The van der Waals surface area contributed by atoms with Crippen LogP contribution in [-0.4, -0.2) is 221 Å². The summed E-state index contributed by atoms with van der Waals surface area (Å²) >= 11 is 6.89. The molecule has 0 N–H and O–H groups in total. The molecule has 19 nitrogen and oxygen atoms in total. The largest absolute Gasteiger partial charge is 0.462 e. The molecule has 0 bridgehead atoms. The standard InChI is InChI=1S/C67H121N3O16S4/c1-10-14-18-22-48-87-52-56(5)64(75)83-44-40-79-60(71)28-36-69(37-29-61(72)80-41-45-84-65(76)57(6)53-88-49-23-19-15-11-2)34-26-32-68(9)33-27-35-70(38-30-62(73)81-42-46-85-66(77)58(7)54-89-50-24-20-16-12-3)39-31-63(74)82-43-47-86-67(78)59(8)55-90-51-25-21-17-13-4/h57-59H,5,10-55H2,1-4,6-9H3. The van der Waals surface area contributed by atoms with E-state index in [-0.39, 0.29) is 114 Å². The number of thioether (sulfide) groups is 4. The van der Waals surface area contributed by atoms with Gasteiger partial charge in [0.1, 0.15) is 52.9 Å². The van der Waals surface area contributed by atoms with Gasteiger partial charge in [0, 0.05) is 54.8 Å². The topological polar surface area (TPSA) is 220 Å². The molecule has 0 spiro atoms. The van der Waals surface area contributed by atoms with Gasteiger partial charge in [-0.1, -0.05) is 132 Å². The van der Waals surface area contributed by atoms with Crippen LogP contribution in [0, 0.1) is 17.8 Å². The molecule has 0 aromatic heterocycles. The summed E-state index contributed by atoms with van der Waals surface area (Å²) in [4.78, 5) is 108. The zero-order valence-corrected chi connectivity index (χ0v) is 60.2. The summed E-state index contributed by atoms with van der Waals surface area (Å²) in [5.74, 6) is 2.41. The van der Waals surface area contributed by atoms with E-state index >= 15 is 0 Å². The van der Waals surface area contributed by atoms with E-state index in [1.165, 1.54) is 64.2 Å². The van der Waals surface area contributed by atoms with E-state index in [4.69, 9.17) is 37.9 Å². The highest BCUT2D eigenvalue weighted by Crippen LogP contribution is 2.17. The molecule has 23 heteroatoms. The summed E-state index contributed by atoms with van der Waals surface area (Å²) in [6, 6.07) is 0. The first-order valence-corrected chi connectivity index (χ1v) is 38.5. The Kier molecular flexibility index (Phi) is 59.7. The number of hydrogen-bond acceptors (Lipinski definition) is 23. The molecule has 0 aliphatic rings. The van der Waals surface area contributed by atoms with Crippen molar-refractivity contribution in [3.8, 4) is 0 Å². The second kappa shape index (κ2) is 61.9. The Bertz CT molecular complexity index is 1830. The minimum absolute atomic E-state index is 0.0320. The minimum atomic E-state index is -0.509. The van der Waals surface area contributed by atoms with E-state index in [1.54, 1.807) is 47.0 Å². The van der Waals surface area contributed by atoms with Gasteiger partial charge in [-0.15, -0.1) is 0 Å². The number of hydrogen-bond donors (Lipinski definition) is 0. The van der Waals surface area contributed by atoms with E-state index in [0.29, 0.717) is 93.8 Å². The molecule has 0 aromatic rings. The number of nitrogens with zero attached hydrogens (tertiary/aromatic N) is 3. The first kappa shape index (κ1) is 86.8. The second-order valence-corrected chi connectivity index (χ2v) is 27.6. The van der Waals surface area contributed by atoms with Gasteiger partial charge in [-0.3, -0.25) is 33.6 Å². The van der Waals surface area contributed by atoms with E-state index in [1.807, 2.05) is 37.6 Å². The Labute approximate surface area is 560 Å². The SMILES string of the molecule is C=C(CSCCCCCC)C(=O)OCCOC(=O)CCN(CCCN(C)CCCN(CCC(=O)OCCOC(=O)C(C)CSCCCCCC)CCC(=O)OCCOC(=O)C(C)CSCCCCCC)CCC(=O)OCCOC(=O)C(C)CSCCCCCC. The molecule has 524 valence electrons. The summed E-state index contributed by atoms with van der Waals surface area (Å²) in [5.41, 5.74) is 0.371. The second-order valence-electron chi connectivity index (χ2n) is 23.0. The van der Waals surface area contributed by atoms with Crippen molar-refractivity contribution >= 4 is 94.8 Å². The van der Waals surface area contributed by atoms with Crippen LogP contribution in [0.25, 0.3) is 0 Å². The maximum Gasteiger partial charge on any atom is 0.334 e. The Balaban J connectivity index is 5.48. The van der Waals surface area contributed by atoms with Crippen LogP contribution in [-0.2, 0) is 76.3 Å². The zero-order chi connectivity index (χ0) is 66.7. The van der Waals surface area contributed by atoms with E-state index < -0.39 is 29.8 Å². The molecule has 0 aliphatic heterocycles. The minimum Gasteiger partial charge on any atom is -0.462 e. The monoisotopic (exact) mass is 1350 g/mol. The molecule has 0 heterocycles. The maximum absolute atomic E-state index is 12.9. The Morgan fingerprint density at radius 2 is 0.622 bits per heavy atom. The van der Waals surface area contributed by atoms with Gasteiger partial charge in [-0.05, 0) is 94.8 Å². The summed E-state index contributed by atoms with van der Waals surface area (Å²) in [6.07, 6.45) is 20.3. The molecule has 0 saturated carbocycles. The van der Waals surface area contributed by atoms with Crippen LogP contribution in [0.4, 0.5) is 0 Å². The molecule has 90 heavy (non-hydrogen) atoms. The van der Waals surface area contributed by atoms with Crippen molar-refractivity contribution in [3.05, 3.63) is 12.2 Å². The van der Waals surface area contributed by atoms with Crippen LogP contribution in [0.3, 0.4) is 0 Å². The average Bonchev–Trinajstić information content (AvgIpc) is 3.53. The highest BCUT2D eigenvalue weighted by Gasteiger charge is 2.20. The quantitative estimate of drug-likeness (QED) is 0.0239.